The molecule has 0 saturated carbocycles. The summed E-state index contributed by atoms with van der Waals surface area (Å²) in [5.74, 6) is 0.584. The summed E-state index contributed by atoms with van der Waals surface area (Å²) >= 11 is 0. The second-order valence-corrected chi connectivity index (χ2v) is 11.8. The summed E-state index contributed by atoms with van der Waals surface area (Å²) in [5.41, 5.74) is 7.97. The van der Waals surface area contributed by atoms with Crippen LogP contribution >= 0.6 is 0 Å². The Morgan fingerprint density at radius 2 is 1.45 bits per heavy atom. The van der Waals surface area contributed by atoms with Crippen LogP contribution in [-0.2, 0) is 16.0 Å². The highest BCUT2D eigenvalue weighted by Gasteiger charge is 2.34. The summed E-state index contributed by atoms with van der Waals surface area (Å²) in [6, 6.07) is 10.8. The Labute approximate surface area is 245 Å². The van der Waals surface area contributed by atoms with E-state index >= 15 is 0 Å². The third-order valence-corrected chi connectivity index (χ3v) is 7.73. The molecule has 0 aliphatic heterocycles. The van der Waals surface area contributed by atoms with Gasteiger partial charge in [0.15, 0.2) is 5.78 Å². The molecule has 2 aromatic carbocycles. The Hall–Kier alpha value is -2.55. The summed E-state index contributed by atoms with van der Waals surface area (Å²) in [7, 11) is 0. The van der Waals surface area contributed by atoms with Crippen molar-refractivity contribution >= 4 is 17.3 Å². The van der Waals surface area contributed by atoms with Crippen LogP contribution in [0.15, 0.2) is 30.3 Å². The number of carbonyl (C=O) groups excluding carboxylic acids is 3. The minimum atomic E-state index is -0.0999. The topological polar surface area (TPSA) is 51.2 Å². The first-order valence-corrected chi connectivity index (χ1v) is 15.7. The normalized spacial score (nSPS) is 15.6. The van der Waals surface area contributed by atoms with Gasteiger partial charge >= 0.3 is 0 Å². The first kappa shape index (κ1) is 35.5. The molecule has 0 bridgehead atoms. The van der Waals surface area contributed by atoms with Gasteiger partial charge in [-0.25, -0.2) is 0 Å². The van der Waals surface area contributed by atoms with E-state index in [2.05, 4.69) is 78.8 Å². The molecule has 1 aliphatic carbocycles. The molecule has 0 saturated heterocycles. The summed E-state index contributed by atoms with van der Waals surface area (Å²) in [6.07, 6.45) is 7.50. The van der Waals surface area contributed by atoms with E-state index in [0.717, 1.165) is 48.8 Å². The first-order valence-electron chi connectivity index (χ1n) is 15.7. The van der Waals surface area contributed by atoms with E-state index in [1.807, 2.05) is 13.8 Å². The SMILES string of the molecule is CCC.CCC.CCCC(CC1CC(=O)c2c(C)ccc(-c3ccc(C)c(C)c3)c2C1)C(CC)C(=O)CC(C)=O. The van der Waals surface area contributed by atoms with Crippen LogP contribution in [0, 0.1) is 38.5 Å². The minimum absolute atomic E-state index is 0.0290. The van der Waals surface area contributed by atoms with E-state index in [1.54, 1.807) is 0 Å². The van der Waals surface area contributed by atoms with Crippen molar-refractivity contribution in [3.8, 4) is 11.1 Å². The first-order chi connectivity index (χ1) is 19.0. The van der Waals surface area contributed by atoms with Crippen LogP contribution in [0.2, 0.25) is 0 Å². The maximum atomic E-state index is 13.4. The van der Waals surface area contributed by atoms with Crippen molar-refractivity contribution in [1.82, 2.24) is 0 Å². The van der Waals surface area contributed by atoms with Gasteiger partial charge in [0.2, 0.25) is 0 Å². The fourth-order valence-corrected chi connectivity index (χ4v) is 5.92. The molecule has 0 spiro atoms. The van der Waals surface area contributed by atoms with Crippen LogP contribution in [0.4, 0.5) is 0 Å². The lowest BCUT2D eigenvalue weighted by Crippen LogP contribution is -2.30. The largest absolute Gasteiger partial charge is 0.300 e. The molecule has 3 unspecified atom stereocenters. The summed E-state index contributed by atoms with van der Waals surface area (Å²) in [5, 5.41) is 0. The van der Waals surface area contributed by atoms with Crippen LogP contribution in [0.5, 0.6) is 0 Å². The molecule has 1 aliphatic rings. The van der Waals surface area contributed by atoms with Crippen LogP contribution < -0.4 is 0 Å². The molecule has 0 amide bonds. The van der Waals surface area contributed by atoms with Crippen molar-refractivity contribution in [3.05, 3.63) is 58.1 Å². The molecule has 3 atom stereocenters. The van der Waals surface area contributed by atoms with Gasteiger partial charge in [0.25, 0.3) is 0 Å². The average molecular weight is 549 g/mol. The molecule has 3 heteroatoms. The number of Topliss-reactive ketones (excluding diaryl/α,β-unsaturated/α-hetero) is 3. The molecule has 0 fully saturated rings. The summed E-state index contributed by atoms with van der Waals surface area (Å²) in [4.78, 5) is 37.8. The van der Waals surface area contributed by atoms with Crippen molar-refractivity contribution in [2.75, 3.05) is 0 Å². The number of hydrogen-bond acceptors (Lipinski definition) is 3. The van der Waals surface area contributed by atoms with Gasteiger partial charge in [0.05, 0.1) is 6.42 Å². The number of carbonyl (C=O) groups is 3. The van der Waals surface area contributed by atoms with E-state index in [0.29, 0.717) is 6.42 Å². The lowest BCUT2D eigenvalue weighted by molar-refractivity contribution is -0.129. The third kappa shape index (κ3) is 10.1. The van der Waals surface area contributed by atoms with Gasteiger partial charge in [-0.05, 0) is 92.2 Å². The molecule has 0 N–H and O–H groups in total. The van der Waals surface area contributed by atoms with Gasteiger partial charge in [-0.1, -0.05) is 97.6 Å². The predicted molar refractivity (Wildman–Crippen MR) is 171 cm³/mol. The molecule has 0 radical (unpaired) electrons. The second kappa shape index (κ2) is 18.0. The zero-order chi connectivity index (χ0) is 30.4. The van der Waals surface area contributed by atoms with E-state index in [-0.39, 0.29) is 41.5 Å². The van der Waals surface area contributed by atoms with Gasteiger partial charge in [-0.2, -0.15) is 0 Å². The fourth-order valence-electron chi connectivity index (χ4n) is 5.92. The van der Waals surface area contributed by atoms with Crippen molar-refractivity contribution in [2.45, 2.75) is 127 Å². The maximum Gasteiger partial charge on any atom is 0.163 e. The van der Waals surface area contributed by atoms with Gasteiger partial charge in [0.1, 0.15) is 11.6 Å². The maximum absolute atomic E-state index is 13.4. The number of rotatable bonds is 10. The quantitative estimate of drug-likeness (QED) is 0.277. The zero-order valence-electron chi connectivity index (χ0n) is 27.2. The Bertz CT molecular complexity index is 1110. The average Bonchev–Trinajstić information content (AvgIpc) is 2.87. The molecule has 40 heavy (non-hydrogen) atoms. The summed E-state index contributed by atoms with van der Waals surface area (Å²) < 4.78 is 0. The monoisotopic (exact) mass is 548 g/mol. The van der Waals surface area contributed by atoms with Gasteiger partial charge < -0.3 is 0 Å². The zero-order valence-corrected chi connectivity index (χ0v) is 27.2. The van der Waals surface area contributed by atoms with Gasteiger partial charge in [0, 0.05) is 17.9 Å². The van der Waals surface area contributed by atoms with Crippen LogP contribution in [0.1, 0.15) is 132 Å². The van der Waals surface area contributed by atoms with Crippen molar-refractivity contribution in [3.63, 3.8) is 0 Å². The van der Waals surface area contributed by atoms with Gasteiger partial charge in [-0.3, -0.25) is 14.4 Å². The smallest absolute Gasteiger partial charge is 0.163 e. The Morgan fingerprint density at radius 1 is 0.850 bits per heavy atom. The highest BCUT2D eigenvalue weighted by molar-refractivity contribution is 6.02. The lowest BCUT2D eigenvalue weighted by atomic mass is 9.71. The van der Waals surface area contributed by atoms with Crippen molar-refractivity contribution in [1.29, 1.82) is 0 Å². The van der Waals surface area contributed by atoms with E-state index in [9.17, 15) is 14.4 Å². The van der Waals surface area contributed by atoms with E-state index < -0.39 is 0 Å². The second-order valence-electron chi connectivity index (χ2n) is 11.8. The minimum Gasteiger partial charge on any atom is -0.300 e. The fraction of sp³-hybridized carbons (Fsp3) is 0.595. The molecule has 0 heterocycles. The molecule has 0 aromatic heterocycles. The molecular formula is C37H56O3. The lowest BCUT2D eigenvalue weighted by Gasteiger charge is -2.32. The number of benzene rings is 2. The molecule has 222 valence electrons. The van der Waals surface area contributed by atoms with Crippen molar-refractivity contribution in [2.24, 2.45) is 17.8 Å². The third-order valence-electron chi connectivity index (χ3n) is 7.73. The van der Waals surface area contributed by atoms with E-state index in [4.69, 9.17) is 0 Å². The van der Waals surface area contributed by atoms with Crippen LogP contribution in [0.25, 0.3) is 11.1 Å². The molecule has 2 aromatic rings. The standard InChI is InChI=1S/C31H40O3.2C3H8/c1-7-9-24(26(8-2)29(33)15-22(6)32)16-23-17-28-27(25-12-10-19(3)21(5)14-25)13-11-20(4)31(28)30(34)18-23;2*1-3-2/h10-14,23-24,26H,7-9,15-18H2,1-6H3;2*3H2,1-2H3. The number of ketones is 3. The Kier molecular flexibility index (Phi) is 16.0. The number of fused-ring (bicyclic) bond motifs is 1. The number of aryl methyl sites for hydroxylation is 3. The van der Waals surface area contributed by atoms with Crippen LogP contribution in [-0.4, -0.2) is 17.3 Å². The summed E-state index contributed by atoms with van der Waals surface area (Å²) in [6.45, 7) is 20.5. The van der Waals surface area contributed by atoms with Gasteiger partial charge in [-0.15, -0.1) is 0 Å². The van der Waals surface area contributed by atoms with Crippen LogP contribution in [0.3, 0.4) is 0 Å². The van der Waals surface area contributed by atoms with Crippen molar-refractivity contribution < 1.29 is 14.4 Å². The molecule has 3 nitrogen and oxygen atoms in total. The highest BCUT2D eigenvalue weighted by Crippen LogP contribution is 2.40. The number of hydrogen-bond donors (Lipinski definition) is 0. The predicted octanol–water partition coefficient (Wildman–Crippen LogP) is 10.2. The highest BCUT2D eigenvalue weighted by atomic mass is 16.1. The molecule has 3 rings (SSSR count). The Morgan fingerprint density at radius 3 is 1.98 bits per heavy atom. The molecular weight excluding hydrogens is 492 g/mol. The van der Waals surface area contributed by atoms with E-state index in [1.165, 1.54) is 42.0 Å². The Balaban J connectivity index is 0.00000122.